The lowest BCUT2D eigenvalue weighted by atomic mass is 10.0. The minimum Gasteiger partial charge on any atom is -0.349 e. The Morgan fingerprint density at radius 2 is 2.00 bits per heavy atom. The number of halogens is 2. The topological polar surface area (TPSA) is 9.23 Å². The summed E-state index contributed by atoms with van der Waals surface area (Å²) in [6.07, 6.45) is 1.60. The van der Waals surface area contributed by atoms with Crippen molar-refractivity contribution in [3.05, 3.63) is 0 Å². The van der Waals surface area contributed by atoms with Gasteiger partial charge < -0.3 is 4.52 Å². The maximum Gasteiger partial charge on any atom is 0.274 e. The van der Waals surface area contributed by atoms with Crippen molar-refractivity contribution in [2.45, 2.75) is 58.0 Å². The largest absolute Gasteiger partial charge is 0.349 e. The molecule has 0 rings (SSSR count). The predicted molar refractivity (Wildman–Crippen MR) is 62.3 cm³/mol. The SMILES string of the molecule is CCCCC(F)(F)C(CCC)OPP. The van der Waals surface area contributed by atoms with Crippen molar-refractivity contribution in [1.29, 1.82) is 0 Å². The van der Waals surface area contributed by atoms with Crippen LogP contribution in [0.25, 0.3) is 0 Å². The van der Waals surface area contributed by atoms with E-state index >= 15 is 0 Å². The summed E-state index contributed by atoms with van der Waals surface area (Å²) in [6, 6.07) is 0. The van der Waals surface area contributed by atoms with E-state index in [-0.39, 0.29) is 14.9 Å². The molecule has 5 heteroatoms. The lowest BCUT2D eigenvalue weighted by Gasteiger charge is -2.26. The monoisotopic (exact) mass is 244 g/mol. The average Bonchev–Trinajstić information content (AvgIpc) is 2.14. The number of unbranched alkanes of at least 4 members (excludes halogenated alkanes) is 1. The molecule has 0 aliphatic carbocycles. The van der Waals surface area contributed by atoms with Crippen LogP contribution in [0.5, 0.6) is 0 Å². The summed E-state index contributed by atoms with van der Waals surface area (Å²) in [7, 11) is 2.41. The highest BCUT2D eigenvalue weighted by molar-refractivity contribution is 8.00. The van der Waals surface area contributed by atoms with Crippen molar-refractivity contribution in [2.75, 3.05) is 0 Å². The van der Waals surface area contributed by atoms with Crippen molar-refractivity contribution < 1.29 is 13.3 Å². The second-order valence-corrected chi connectivity index (χ2v) is 4.56. The van der Waals surface area contributed by atoms with E-state index in [1.165, 1.54) is 0 Å². The van der Waals surface area contributed by atoms with Crippen LogP contribution in [0.3, 0.4) is 0 Å². The molecule has 3 unspecified atom stereocenters. The van der Waals surface area contributed by atoms with Crippen LogP contribution in [0.15, 0.2) is 0 Å². The summed E-state index contributed by atoms with van der Waals surface area (Å²) in [6.45, 7) is 3.82. The standard InChI is InChI=1S/C9H20F2OP2/c1-3-5-7-9(10,11)8(6-4-2)12-14-13/h8,14H,3-7,13H2,1-2H3. The van der Waals surface area contributed by atoms with E-state index in [0.29, 0.717) is 12.8 Å². The molecule has 0 aliphatic rings. The Morgan fingerprint density at radius 3 is 2.43 bits per heavy atom. The molecule has 0 aromatic rings. The normalized spacial score (nSPS) is 15.2. The van der Waals surface area contributed by atoms with Gasteiger partial charge in [0.15, 0.2) is 0 Å². The minimum atomic E-state index is -2.66. The van der Waals surface area contributed by atoms with Gasteiger partial charge in [-0.25, -0.2) is 8.78 Å². The van der Waals surface area contributed by atoms with Gasteiger partial charge in [-0.3, -0.25) is 0 Å². The molecule has 0 N–H and O–H groups in total. The Bertz CT molecular complexity index is 139. The molecule has 0 aromatic heterocycles. The summed E-state index contributed by atoms with van der Waals surface area (Å²) in [5.41, 5.74) is 0. The molecular weight excluding hydrogens is 224 g/mol. The average molecular weight is 244 g/mol. The summed E-state index contributed by atoms with van der Waals surface area (Å²) in [4.78, 5) is 0. The third-order valence-corrected chi connectivity index (χ3v) is 2.92. The first-order valence-electron chi connectivity index (χ1n) is 5.07. The highest BCUT2D eigenvalue weighted by atomic mass is 32.0. The van der Waals surface area contributed by atoms with Gasteiger partial charge in [0.2, 0.25) is 0 Å². The van der Waals surface area contributed by atoms with E-state index in [4.69, 9.17) is 4.52 Å². The van der Waals surface area contributed by atoms with Gasteiger partial charge in [-0.1, -0.05) is 35.6 Å². The van der Waals surface area contributed by atoms with Crippen LogP contribution >= 0.6 is 17.4 Å². The van der Waals surface area contributed by atoms with E-state index in [1.807, 2.05) is 13.8 Å². The lowest BCUT2D eigenvalue weighted by molar-refractivity contribution is -0.0999. The maximum absolute atomic E-state index is 13.5. The van der Waals surface area contributed by atoms with E-state index in [0.717, 1.165) is 12.8 Å². The smallest absolute Gasteiger partial charge is 0.274 e. The molecule has 0 aliphatic heterocycles. The van der Waals surface area contributed by atoms with Gasteiger partial charge in [-0.05, 0) is 12.8 Å². The summed E-state index contributed by atoms with van der Waals surface area (Å²) in [5.74, 6) is -2.66. The zero-order chi connectivity index (χ0) is 11.0. The first kappa shape index (κ1) is 14.7. The molecule has 0 saturated carbocycles. The third-order valence-electron chi connectivity index (χ3n) is 2.10. The quantitative estimate of drug-likeness (QED) is 0.576. The second-order valence-electron chi connectivity index (χ2n) is 3.38. The fourth-order valence-corrected chi connectivity index (χ4v) is 2.22. The predicted octanol–water partition coefficient (Wildman–Crippen LogP) is 4.38. The van der Waals surface area contributed by atoms with Crippen LogP contribution in [-0.4, -0.2) is 12.0 Å². The molecule has 0 spiro atoms. The van der Waals surface area contributed by atoms with Crippen LogP contribution < -0.4 is 0 Å². The number of alkyl halides is 2. The number of hydrogen-bond donors (Lipinski definition) is 0. The van der Waals surface area contributed by atoms with Crippen LogP contribution in [0.2, 0.25) is 0 Å². The molecule has 0 amide bonds. The van der Waals surface area contributed by atoms with Crippen LogP contribution in [0, 0.1) is 0 Å². The van der Waals surface area contributed by atoms with Gasteiger partial charge in [0, 0.05) is 14.9 Å². The number of rotatable bonds is 8. The number of hydrogen-bond acceptors (Lipinski definition) is 1. The molecule has 0 heterocycles. The highest BCUT2D eigenvalue weighted by Crippen LogP contribution is 2.36. The van der Waals surface area contributed by atoms with Gasteiger partial charge in [-0.15, -0.1) is 0 Å². The fraction of sp³-hybridized carbons (Fsp3) is 1.00. The van der Waals surface area contributed by atoms with E-state index in [9.17, 15) is 8.78 Å². The van der Waals surface area contributed by atoms with Gasteiger partial charge in [0.25, 0.3) is 5.92 Å². The fourth-order valence-electron chi connectivity index (χ4n) is 1.27. The minimum absolute atomic E-state index is 0.0523. The summed E-state index contributed by atoms with van der Waals surface area (Å²) < 4.78 is 32.1. The van der Waals surface area contributed by atoms with Crippen LogP contribution in [-0.2, 0) is 4.52 Å². The van der Waals surface area contributed by atoms with Crippen LogP contribution in [0.4, 0.5) is 8.78 Å². The Morgan fingerprint density at radius 1 is 1.36 bits per heavy atom. The van der Waals surface area contributed by atoms with Crippen molar-refractivity contribution in [3.8, 4) is 0 Å². The molecule has 3 atom stereocenters. The van der Waals surface area contributed by atoms with Gasteiger partial charge >= 0.3 is 0 Å². The zero-order valence-corrected chi connectivity index (χ0v) is 11.0. The molecule has 0 aromatic carbocycles. The van der Waals surface area contributed by atoms with Gasteiger partial charge in [-0.2, -0.15) is 0 Å². The van der Waals surface area contributed by atoms with Crippen molar-refractivity contribution in [2.24, 2.45) is 0 Å². The molecule has 14 heavy (non-hydrogen) atoms. The second kappa shape index (κ2) is 7.91. The first-order chi connectivity index (χ1) is 6.58. The van der Waals surface area contributed by atoms with Crippen LogP contribution in [0.1, 0.15) is 46.0 Å². The molecule has 1 nitrogen and oxygen atoms in total. The van der Waals surface area contributed by atoms with Crippen molar-refractivity contribution >= 4 is 17.4 Å². The first-order valence-corrected chi connectivity index (χ1v) is 7.79. The Hall–Kier alpha value is 0.680. The molecule has 86 valence electrons. The van der Waals surface area contributed by atoms with Gasteiger partial charge in [0.1, 0.15) is 6.10 Å². The summed E-state index contributed by atoms with van der Waals surface area (Å²) in [5, 5.41) is 0. The Kier molecular flexibility index (Phi) is 8.29. The highest BCUT2D eigenvalue weighted by Gasteiger charge is 2.38. The Balaban J connectivity index is 4.13. The molecule has 0 radical (unpaired) electrons. The molecular formula is C9H20F2OP2. The summed E-state index contributed by atoms with van der Waals surface area (Å²) >= 11 is 0. The third kappa shape index (κ3) is 5.53. The lowest BCUT2D eigenvalue weighted by Crippen LogP contribution is -2.33. The molecule has 0 fully saturated rings. The van der Waals surface area contributed by atoms with Gasteiger partial charge in [0.05, 0.1) is 0 Å². The molecule has 0 saturated heterocycles. The van der Waals surface area contributed by atoms with E-state index in [2.05, 4.69) is 8.93 Å². The van der Waals surface area contributed by atoms with E-state index in [1.54, 1.807) is 0 Å². The molecule has 0 bridgehead atoms. The van der Waals surface area contributed by atoms with Crippen molar-refractivity contribution in [1.82, 2.24) is 0 Å². The Labute approximate surface area is 89.3 Å². The maximum atomic E-state index is 13.5. The van der Waals surface area contributed by atoms with Crippen molar-refractivity contribution in [3.63, 3.8) is 0 Å². The zero-order valence-electron chi connectivity index (χ0n) is 8.85. The van der Waals surface area contributed by atoms with E-state index < -0.39 is 12.0 Å².